The van der Waals surface area contributed by atoms with Gasteiger partial charge >= 0.3 is 0 Å². The summed E-state index contributed by atoms with van der Waals surface area (Å²) >= 11 is 3.50. The first-order valence-electron chi connectivity index (χ1n) is 4.98. The van der Waals surface area contributed by atoms with E-state index >= 15 is 0 Å². The van der Waals surface area contributed by atoms with Gasteiger partial charge in [0.15, 0.2) is 0 Å². The molecular weight excluding hydrogens is 273 g/mol. The van der Waals surface area contributed by atoms with Crippen LogP contribution in [0.5, 0.6) is 0 Å². The van der Waals surface area contributed by atoms with Gasteiger partial charge in [0.05, 0.1) is 11.4 Å². The largest absolute Gasteiger partial charge is 0.307 e. The second-order valence-electron chi connectivity index (χ2n) is 3.71. The van der Waals surface area contributed by atoms with Crippen LogP contribution in [0.2, 0.25) is 0 Å². The highest BCUT2D eigenvalue weighted by Gasteiger charge is 2.20. The molecule has 5 heteroatoms. The number of aromatic nitrogens is 2. The van der Waals surface area contributed by atoms with Gasteiger partial charge in [0, 0.05) is 18.7 Å². The molecular formula is C11H9BrFN3. The Balaban J connectivity index is 2.14. The first-order valence-corrected chi connectivity index (χ1v) is 5.78. The molecule has 0 spiro atoms. The summed E-state index contributed by atoms with van der Waals surface area (Å²) in [7, 11) is 0. The molecule has 1 aromatic carbocycles. The van der Waals surface area contributed by atoms with E-state index in [0.717, 1.165) is 34.6 Å². The van der Waals surface area contributed by atoms with E-state index < -0.39 is 0 Å². The maximum absolute atomic E-state index is 13.1. The SMILES string of the molecule is Fc1cccc(-n2nc3c(c2Br)CNC3)c1. The predicted octanol–water partition coefficient (Wildman–Crippen LogP) is 2.38. The van der Waals surface area contributed by atoms with Gasteiger partial charge in [-0.05, 0) is 34.1 Å². The molecule has 2 heterocycles. The molecule has 0 saturated carbocycles. The van der Waals surface area contributed by atoms with Gasteiger partial charge in [-0.1, -0.05) is 6.07 Å². The topological polar surface area (TPSA) is 29.9 Å². The summed E-state index contributed by atoms with van der Waals surface area (Å²) in [6.45, 7) is 1.58. The van der Waals surface area contributed by atoms with Crippen LogP contribution in [0.3, 0.4) is 0 Å². The van der Waals surface area contributed by atoms with E-state index in [0.29, 0.717) is 0 Å². The fourth-order valence-corrected chi connectivity index (χ4v) is 2.53. The first-order chi connectivity index (χ1) is 7.75. The summed E-state index contributed by atoms with van der Waals surface area (Å²) in [6.07, 6.45) is 0. The molecule has 16 heavy (non-hydrogen) atoms. The molecule has 1 aliphatic rings. The van der Waals surface area contributed by atoms with E-state index in [1.165, 1.54) is 12.1 Å². The van der Waals surface area contributed by atoms with Gasteiger partial charge in [0.25, 0.3) is 0 Å². The third kappa shape index (κ3) is 1.47. The maximum atomic E-state index is 13.1. The van der Waals surface area contributed by atoms with E-state index in [2.05, 4.69) is 26.3 Å². The number of benzene rings is 1. The molecule has 0 radical (unpaired) electrons. The summed E-state index contributed by atoms with van der Waals surface area (Å²) in [4.78, 5) is 0. The van der Waals surface area contributed by atoms with Crippen molar-refractivity contribution >= 4 is 15.9 Å². The smallest absolute Gasteiger partial charge is 0.125 e. The predicted molar refractivity (Wildman–Crippen MR) is 61.8 cm³/mol. The monoisotopic (exact) mass is 281 g/mol. The van der Waals surface area contributed by atoms with Crippen molar-refractivity contribution in [1.29, 1.82) is 0 Å². The lowest BCUT2D eigenvalue weighted by Gasteiger charge is -2.04. The fourth-order valence-electron chi connectivity index (χ4n) is 1.87. The second-order valence-corrected chi connectivity index (χ2v) is 4.46. The molecule has 82 valence electrons. The Morgan fingerprint density at radius 1 is 1.38 bits per heavy atom. The minimum absolute atomic E-state index is 0.252. The van der Waals surface area contributed by atoms with Gasteiger partial charge < -0.3 is 5.32 Å². The Morgan fingerprint density at radius 2 is 2.25 bits per heavy atom. The van der Waals surface area contributed by atoms with Crippen LogP contribution >= 0.6 is 15.9 Å². The summed E-state index contributed by atoms with van der Waals surface area (Å²) in [5.41, 5.74) is 2.92. The number of fused-ring (bicyclic) bond motifs is 1. The molecule has 2 aromatic rings. The van der Waals surface area contributed by atoms with Gasteiger partial charge in [-0.2, -0.15) is 5.10 Å². The lowest BCUT2D eigenvalue weighted by atomic mass is 10.3. The van der Waals surface area contributed by atoms with E-state index in [1.54, 1.807) is 10.7 Å². The quantitative estimate of drug-likeness (QED) is 0.870. The van der Waals surface area contributed by atoms with Crippen LogP contribution in [0.1, 0.15) is 11.3 Å². The third-order valence-electron chi connectivity index (χ3n) is 2.65. The Bertz CT molecular complexity index is 550. The Morgan fingerprint density at radius 3 is 3.00 bits per heavy atom. The first kappa shape index (κ1) is 9.99. The second kappa shape index (κ2) is 3.68. The molecule has 1 aromatic heterocycles. The lowest BCUT2D eigenvalue weighted by molar-refractivity contribution is 0.624. The van der Waals surface area contributed by atoms with Crippen molar-refractivity contribution in [3.8, 4) is 5.69 Å². The van der Waals surface area contributed by atoms with Gasteiger partial charge in [-0.25, -0.2) is 9.07 Å². The molecule has 0 bridgehead atoms. The van der Waals surface area contributed by atoms with Crippen molar-refractivity contribution in [2.24, 2.45) is 0 Å². The zero-order chi connectivity index (χ0) is 11.1. The van der Waals surface area contributed by atoms with Crippen molar-refractivity contribution < 1.29 is 4.39 Å². The lowest BCUT2D eigenvalue weighted by Crippen LogP contribution is -2.06. The third-order valence-corrected chi connectivity index (χ3v) is 3.47. The molecule has 3 nitrogen and oxygen atoms in total. The van der Waals surface area contributed by atoms with Gasteiger partial charge in [-0.3, -0.25) is 0 Å². The van der Waals surface area contributed by atoms with Crippen LogP contribution in [-0.2, 0) is 13.1 Å². The molecule has 0 saturated heterocycles. The number of hydrogen-bond donors (Lipinski definition) is 1. The molecule has 0 atom stereocenters. The Labute approximate surface area is 100 Å². The van der Waals surface area contributed by atoms with Crippen LogP contribution < -0.4 is 5.32 Å². The normalized spacial score (nSPS) is 14.1. The number of halogens is 2. The van der Waals surface area contributed by atoms with Crippen LogP contribution in [0.4, 0.5) is 4.39 Å². The molecule has 3 rings (SSSR count). The number of rotatable bonds is 1. The zero-order valence-corrected chi connectivity index (χ0v) is 9.96. The highest BCUT2D eigenvalue weighted by molar-refractivity contribution is 9.10. The van der Waals surface area contributed by atoms with Crippen molar-refractivity contribution in [3.63, 3.8) is 0 Å². The van der Waals surface area contributed by atoms with E-state index in [1.807, 2.05) is 6.07 Å². The molecule has 1 N–H and O–H groups in total. The van der Waals surface area contributed by atoms with E-state index in [9.17, 15) is 4.39 Å². The van der Waals surface area contributed by atoms with Crippen LogP contribution in [0, 0.1) is 5.82 Å². The highest BCUT2D eigenvalue weighted by Crippen LogP contribution is 2.27. The molecule has 0 amide bonds. The van der Waals surface area contributed by atoms with Gasteiger partial charge in [0.2, 0.25) is 0 Å². The zero-order valence-electron chi connectivity index (χ0n) is 8.37. The van der Waals surface area contributed by atoms with E-state index in [4.69, 9.17) is 0 Å². The molecule has 1 aliphatic heterocycles. The van der Waals surface area contributed by atoms with Crippen LogP contribution in [0.15, 0.2) is 28.9 Å². The van der Waals surface area contributed by atoms with Crippen LogP contribution in [-0.4, -0.2) is 9.78 Å². The standard InChI is InChI=1S/C11H9BrFN3/c12-11-9-5-14-6-10(9)15-16(11)8-3-1-2-7(13)4-8/h1-4,14H,5-6H2. The number of nitrogens with one attached hydrogen (secondary N) is 1. The van der Waals surface area contributed by atoms with Crippen molar-refractivity contribution in [2.75, 3.05) is 0 Å². The average molecular weight is 282 g/mol. The van der Waals surface area contributed by atoms with E-state index in [-0.39, 0.29) is 5.82 Å². The number of hydrogen-bond acceptors (Lipinski definition) is 2. The summed E-state index contributed by atoms with van der Waals surface area (Å²) in [5.74, 6) is -0.252. The van der Waals surface area contributed by atoms with Gasteiger partial charge in [0.1, 0.15) is 10.4 Å². The summed E-state index contributed by atoms with van der Waals surface area (Å²) in [5, 5.41) is 7.66. The maximum Gasteiger partial charge on any atom is 0.125 e. The minimum Gasteiger partial charge on any atom is -0.307 e. The molecule has 0 fully saturated rings. The number of nitrogens with zero attached hydrogens (tertiary/aromatic N) is 2. The Hall–Kier alpha value is -1.20. The highest BCUT2D eigenvalue weighted by atomic mass is 79.9. The summed E-state index contributed by atoms with van der Waals surface area (Å²) < 4.78 is 15.8. The van der Waals surface area contributed by atoms with Crippen molar-refractivity contribution in [1.82, 2.24) is 15.1 Å². The van der Waals surface area contributed by atoms with Gasteiger partial charge in [-0.15, -0.1) is 0 Å². The molecule has 0 aliphatic carbocycles. The van der Waals surface area contributed by atoms with Crippen molar-refractivity contribution in [3.05, 3.63) is 45.9 Å². The average Bonchev–Trinajstić information content (AvgIpc) is 2.82. The Kier molecular flexibility index (Phi) is 2.29. The van der Waals surface area contributed by atoms with Crippen LogP contribution in [0.25, 0.3) is 5.69 Å². The summed E-state index contributed by atoms with van der Waals surface area (Å²) in [6, 6.07) is 6.42. The fraction of sp³-hybridized carbons (Fsp3) is 0.182. The van der Waals surface area contributed by atoms with Crippen molar-refractivity contribution in [2.45, 2.75) is 13.1 Å². The minimum atomic E-state index is -0.252. The molecule has 0 unspecified atom stereocenters.